The van der Waals surface area contributed by atoms with E-state index in [4.69, 9.17) is 5.73 Å². The summed E-state index contributed by atoms with van der Waals surface area (Å²) in [6, 6.07) is 4.32. The lowest BCUT2D eigenvalue weighted by molar-refractivity contribution is -0.138. The van der Waals surface area contributed by atoms with Gasteiger partial charge < -0.3 is 16.0 Å². The maximum Gasteiger partial charge on any atom is 0.244 e. The first kappa shape index (κ1) is 19.6. The van der Waals surface area contributed by atoms with Crippen LogP contribution in [0.2, 0.25) is 0 Å². The number of rotatable bonds is 6. The van der Waals surface area contributed by atoms with Gasteiger partial charge in [-0.15, -0.1) is 0 Å². The Morgan fingerprint density at radius 2 is 1.92 bits per heavy atom. The van der Waals surface area contributed by atoms with Crippen LogP contribution in [0, 0.1) is 11.2 Å². The highest BCUT2D eigenvalue weighted by Crippen LogP contribution is 2.20. The molecule has 6 nitrogen and oxygen atoms in total. The fourth-order valence-electron chi connectivity index (χ4n) is 2.12. The van der Waals surface area contributed by atoms with Crippen molar-refractivity contribution in [3.8, 4) is 0 Å². The Morgan fingerprint density at radius 1 is 1.29 bits per heavy atom. The minimum Gasteiger partial charge on any atom is -0.368 e. The maximum atomic E-state index is 13.4. The van der Waals surface area contributed by atoms with Crippen LogP contribution in [-0.4, -0.2) is 36.2 Å². The molecular weight excluding hydrogens is 313 g/mol. The van der Waals surface area contributed by atoms with Gasteiger partial charge in [0, 0.05) is 25.4 Å². The molecule has 1 aromatic rings. The van der Waals surface area contributed by atoms with E-state index in [2.05, 4.69) is 5.32 Å². The van der Waals surface area contributed by atoms with Gasteiger partial charge in [0.25, 0.3) is 0 Å². The van der Waals surface area contributed by atoms with E-state index < -0.39 is 23.2 Å². The minimum atomic E-state index is -1.06. The van der Waals surface area contributed by atoms with Crippen molar-refractivity contribution in [3.05, 3.63) is 35.6 Å². The third-order valence-electron chi connectivity index (χ3n) is 3.52. The molecule has 1 rings (SSSR count). The van der Waals surface area contributed by atoms with Gasteiger partial charge in [-0.2, -0.15) is 0 Å². The number of benzene rings is 1. The Kier molecular flexibility index (Phi) is 6.45. The topological polar surface area (TPSA) is 92.5 Å². The largest absolute Gasteiger partial charge is 0.368 e. The zero-order valence-corrected chi connectivity index (χ0v) is 14.4. The summed E-state index contributed by atoms with van der Waals surface area (Å²) in [7, 11) is 1.42. The molecule has 0 aromatic heterocycles. The fraction of sp³-hybridized carbons (Fsp3) is 0.471. The van der Waals surface area contributed by atoms with Crippen molar-refractivity contribution in [1.82, 2.24) is 10.2 Å². The number of amides is 3. The molecule has 7 heteroatoms. The second-order valence-electron chi connectivity index (χ2n) is 6.62. The predicted octanol–water partition coefficient (Wildman–Crippen LogP) is 1.36. The highest BCUT2D eigenvalue weighted by molar-refractivity contribution is 5.88. The van der Waals surface area contributed by atoms with Gasteiger partial charge in [-0.1, -0.05) is 32.9 Å². The first-order chi connectivity index (χ1) is 11.0. The highest BCUT2D eigenvalue weighted by atomic mass is 19.1. The molecular formula is C17H24FN3O3. The van der Waals surface area contributed by atoms with Gasteiger partial charge >= 0.3 is 0 Å². The summed E-state index contributed by atoms with van der Waals surface area (Å²) in [6.45, 7) is 5.45. The quantitative estimate of drug-likeness (QED) is 0.821. The van der Waals surface area contributed by atoms with Crippen LogP contribution >= 0.6 is 0 Å². The van der Waals surface area contributed by atoms with E-state index in [9.17, 15) is 18.8 Å². The average molecular weight is 337 g/mol. The smallest absolute Gasteiger partial charge is 0.244 e. The fourth-order valence-corrected chi connectivity index (χ4v) is 2.12. The molecule has 0 saturated heterocycles. The van der Waals surface area contributed by atoms with E-state index >= 15 is 0 Å². The van der Waals surface area contributed by atoms with E-state index in [1.54, 1.807) is 20.8 Å². The number of nitrogens with two attached hydrogens (primary N) is 1. The molecule has 0 aliphatic rings. The summed E-state index contributed by atoms with van der Waals surface area (Å²) in [5, 5.41) is 2.66. The molecule has 0 bridgehead atoms. The molecule has 3 N–H and O–H groups in total. The summed E-state index contributed by atoms with van der Waals surface area (Å²) >= 11 is 0. The van der Waals surface area contributed by atoms with Crippen molar-refractivity contribution in [2.24, 2.45) is 11.1 Å². The Labute approximate surface area is 141 Å². The predicted molar refractivity (Wildman–Crippen MR) is 88.2 cm³/mol. The molecule has 0 heterocycles. The Bertz CT molecular complexity index is 626. The second-order valence-corrected chi connectivity index (χ2v) is 6.62. The summed E-state index contributed by atoms with van der Waals surface area (Å²) < 4.78 is 13.4. The van der Waals surface area contributed by atoms with Crippen molar-refractivity contribution in [3.63, 3.8) is 0 Å². The lowest BCUT2D eigenvalue weighted by Crippen LogP contribution is -2.41. The van der Waals surface area contributed by atoms with Crippen LogP contribution in [0.15, 0.2) is 24.3 Å². The van der Waals surface area contributed by atoms with Crippen molar-refractivity contribution < 1.29 is 18.8 Å². The van der Waals surface area contributed by atoms with Crippen molar-refractivity contribution in [2.75, 3.05) is 13.6 Å². The highest BCUT2D eigenvalue weighted by Gasteiger charge is 2.27. The standard InChI is InChI=1S/C17H24FN3O3/c1-17(2,3)16(24)20-9-8-13(22)21(4)14(15(19)23)11-6-5-7-12(18)10-11/h5-7,10,14H,8-9H2,1-4H3,(H2,19,23)(H,20,24)/t14-/m0/s1. The molecule has 0 saturated carbocycles. The van der Waals surface area contributed by atoms with Crippen molar-refractivity contribution in [2.45, 2.75) is 33.2 Å². The normalized spacial score (nSPS) is 12.4. The van der Waals surface area contributed by atoms with E-state index in [1.165, 1.54) is 36.2 Å². The van der Waals surface area contributed by atoms with Crippen LogP contribution in [0.5, 0.6) is 0 Å². The number of likely N-dealkylation sites (N-methyl/N-ethyl adjacent to an activating group) is 1. The number of carbonyl (C=O) groups is 3. The SMILES string of the molecule is CN(C(=O)CCNC(=O)C(C)(C)C)[C@H](C(N)=O)c1cccc(F)c1. The van der Waals surface area contributed by atoms with Crippen LogP contribution < -0.4 is 11.1 Å². The molecule has 0 fully saturated rings. The number of nitrogens with zero attached hydrogens (tertiary/aromatic N) is 1. The third kappa shape index (κ3) is 5.33. The summed E-state index contributed by atoms with van der Waals surface area (Å²) in [4.78, 5) is 36.9. The van der Waals surface area contributed by atoms with Gasteiger partial charge in [-0.25, -0.2) is 4.39 Å². The van der Waals surface area contributed by atoms with E-state index in [-0.39, 0.29) is 24.8 Å². The number of primary amides is 1. The molecule has 3 amide bonds. The van der Waals surface area contributed by atoms with Crippen LogP contribution in [0.3, 0.4) is 0 Å². The summed E-state index contributed by atoms with van der Waals surface area (Å²) in [5.74, 6) is -1.82. The Morgan fingerprint density at radius 3 is 2.42 bits per heavy atom. The average Bonchev–Trinajstić information content (AvgIpc) is 2.45. The molecule has 24 heavy (non-hydrogen) atoms. The lowest BCUT2D eigenvalue weighted by atomic mass is 9.96. The minimum absolute atomic E-state index is 0.0113. The van der Waals surface area contributed by atoms with Gasteiger partial charge in [0.2, 0.25) is 17.7 Å². The second kappa shape index (κ2) is 7.90. The molecule has 0 unspecified atom stereocenters. The van der Waals surface area contributed by atoms with Gasteiger partial charge in [-0.05, 0) is 17.7 Å². The Balaban J connectivity index is 2.74. The van der Waals surface area contributed by atoms with E-state index in [0.29, 0.717) is 5.56 Å². The van der Waals surface area contributed by atoms with Gasteiger partial charge in [0.05, 0.1) is 0 Å². The van der Waals surface area contributed by atoms with Crippen LogP contribution in [0.1, 0.15) is 38.8 Å². The maximum absolute atomic E-state index is 13.4. The summed E-state index contributed by atoms with van der Waals surface area (Å²) in [6.07, 6.45) is 0.0113. The van der Waals surface area contributed by atoms with Crippen LogP contribution in [0.25, 0.3) is 0 Å². The molecule has 0 spiro atoms. The number of nitrogens with one attached hydrogen (secondary N) is 1. The Hall–Kier alpha value is -2.44. The number of hydrogen-bond acceptors (Lipinski definition) is 3. The van der Waals surface area contributed by atoms with Crippen LogP contribution in [-0.2, 0) is 14.4 Å². The molecule has 1 aromatic carbocycles. The van der Waals surface area contributed by atoms with E-state index in [1.807, 2.05) is 0 Å². The van der Waals surface area contributed by atoms with Gasteiger partial charge in [-0.3, -0.25) is 14.4 Å². The zero-order chi connectivity index (χ0) is 18.5. The van der Waals surface area contributed by atoms with E-state index in [0.717, 1.165) is 0 Å². The van der Waals surface area contributed by atoms with Crippen molar-refractivity contribution in [1.29, 1.82) is 0 Å². The molecule has 0 aliphatic carbocycles. The van der Waals surface area contributed by atoms with Gasteiger partial charge in [0.1, 0.15) is 11.9 Å². The first-order valence-electron chi connectivity index (χ1n) is 7.62. The van der Waals surface area contributed by atoms with Crippen molar-refractivity contribution >= 4 is 17.7 Å². The number of carbonyl (C=O) groups excluding carboxylic acids is 3. The molecule has 132 valence electrons. The number of hydrogen-bond donors (Lipinski definition) is 2. The number of halogens is 1. The first-order valence-corrected chi connectivity index (χ1v) is 7.62. The third-order valence-corrected chi connectivity index (χ3v) is 3.52. The lowest BCUT2D eigenvalue weighted by Gasteiger charge is -2.26. The summed E-state index contributed by atoms with van der Waals surface area (Å²) in [5.41, 5.74) is 5.12. The molecule has 0 aliphatic heterocycles. The van der Waals surface area contributed by atoms with Crippen LogP contribution in [0.4, 0.5) is 4.39 Å². The van der Waals surface area contributed by atoms with Gasteiger partial charge in [0.15, 0.2) is 0 Å². The monoisotopic (exact) mass is 337 g/mol. The zero-order valence-electron chi connectivity index (χ0n) is 14.4. The molecule has 0 radical (unpaired) electrons. The molecule has 1 atom stereocenters.